The van der Waals surface area contributed by atoms with Gasteiger partial charge in [-0.3, -0.25) is 0 Å². The Hall–Kier alpha value is -0.730. The summed E-state index contributed by atoms with van der Waals surface area (Å²) in [7, 11) is 2.18. The van der Waals surface area contributed by atoms with E-state index in [2.05, 4.69) is 25.8 Å². The number of hydrogen-bond acceptors (Lipinski definition) is 2. The van der Waals surface area contributed by atoms with E-state index >= 15 is 0 Å². The molecule has 1 aliphatic carbocycles. The van der Waals surface area contributed by atoms with Crippen molar-refractivity contribution >= 4 is 11.6 Å². The number of phenols is 1. The van der Waals surface area contributed by atoms with Gasteiger partial charge in [-0.25, -0.2) is 0 Å². The van der Waals surface area contributed by atoms with E-state index in [-0.39, 0.29) is 5.41 Å². The van der Waals surface area contributed by atoms with Crippen molar-refractivity contribution in [3.63, 3.8) is 0 Å². The summed E-state index contributed by atoms with van der Waals surface area (Å²) in [6, 6.07) is 1.98. The summed E-state index contributed by atoms with van der Waals surface area (Å²) in [6.07, 6.45) is 2.14. The van der Waals surface area contributed by atoms with Crippen molar-refractivity contribution < 1.29 is 5.11 Å². The first-order chi connectivity index (χ1) is 8.40. The second-order valence-corrected chi connectivity index (χ2v) is 6.86. The van der Waals surface area contributed by atoms with Crippen molar-refractivity contribution in [2.75, 3.05) is 20.1 Å². The highest BCUT2D eigenvalue weighted by atomic mass is 35.5. The lowest BCUT2D eigenvalue weighted by Crippen LogP contribution is -2.24. The number of benzene rings is 1. The molecule has 0 radical (unpaired) electrons. The van der Waals surface area contributed by atoms with Gasteiger partial charge in [0, 0.05) is 18.7 Å². The van der Waals surface area contributed by atoms with Gasteiger partial charge >= 0.3 is 0 Å². The van der Waals surface area contributed by atoms with Gasteiger partial charge in [0.2, 0.25) is 0 Å². The van der Waals surface area contributed by atoms with Gasteiger partial charge in [-0.1, -0.05) is 25.4 Å². The molecule has 0 bridgehead atoms. The molecule has 0 amide bonds. The number of likely N-dealkylation sites (N-methyl/N-ethyl adjacent to an activating group) is 1. The number of halogens is 1. The maximum absolute atomic E-state index is 10.3. The molecule has 1 aromatic rings. The minimum atomic E-state index is 0.0297. The molecule has 1 unspecified atom stereocenters. The van der Waals surface area contributed by atoms with Crippen LogP contribution < -0.4 is 0 Å². The van der Waals surface area contributed by atoms with Crippen LogP contribution in [0.1, 0.15) is 42.9 Å². The fraction of sp³-hybridized carbons (Fsp3) is 0.600. The summed E-state index contributed by atoms with van der Waals surface area (Å²) < 4.78 is 0. The summed E-state index contributed by atoms with van der Waals surface area (Å²) in [5, 5.41) is 10.8. The van der Waals surface area contributed by atoms with E-state index in [0.717, 1.165) is 31.5 Å². The van der Waals surface area contributed by atoms with Crippen molar-refractivity contribution in [1.82, 2.24) is 4.90 Å². The monoisotopic (exact) mass is 265 g/mol. The lowest BCUT2D eigenvalue weighted by molar-refractivity contribution is 0.308. The van der Waals surface area contributed by atoms with Crippen molar-refractivity contribution in [2.24, 2.45) is 0 Å². The van der Waals surface area contributed by atoms with E-state index in [9.17, 15) is 5.11 Å². The molecular formula is C15H20ClNO. The molecule has 1 atom stereocenters. The van der Waals surface area contributed by atoms with Crippen LogP contribution in [0.4, 0.5) is 0 Å². The minimum Gasteiger partial charge on any atom is -0.506 e. The van der Waals surface area contributed by atoms with Crippen molar-refractivity contribution in [3.05, 3.63) is 27.8 Å². The van der Waals surface area contributed by atoms with E-state index in [4.69, 9.17) is 11.6 Å². The van der Waals surface area contributed by atoms with Gasteiger partial charge in [0.15, 0.2) is 0 Å². The quantitative estimate of drug-likeness (QED) is 0.778. The van der Waals surface area contributed by atoms with Gasteiger partial charge in [0.25, 0.3) is 0 Å². The summed E-state index contributed by atoms with van der Waals surface area (Å²) in [5.41, 5.74) is 3.85. The van der Waals surface area contributed by atoms with E-state index in [1.165, 1.54) is 11.1 Å². The Kier molecular flexibility index (Phi) is 2.65. The van der Waals surface area contributed by atoms with Gasteiger partial charge < -0.3 is 10.0 Å². The molecule has 18 heavy (non-hydrogen) atoms. The molecule has 3 rings (SSSR count). The van der Waals surface area contributed by atoms with Crippen LogP contribution >= 0.6 is 11.6 Å². The Morgan fingerprint density at radius 2 is 2.17 bits per heavy atom. The fourth-order valence-electron chi connectivity index (χ4n) is 3.82. The van der Waals surface area contributed by atoms with Crippen LogP contribution in [-0.2, 0) is 11.8 Å². The van der Waals surface area contributed by atoms with E-state index in [1.807, 2.05) is 6.07 Å². The van der Waals surface area contributed by atoms with Crippen LogP contribution in [0.15, 0.2) is 6.07 Å². The SMILES string of the molecule is CN1CCc2cc(Cl)c(O)c3c2C(C1)CC3(C)C. The highest BCUT2D eigenvalue weighted by Gasteiger charge is 2.42. The average molecular weight is 266 g/mol. The maximum Gasteiger partial charge on any atom is 0.138 e. The van der Waals surface area contributed by atoms with Crippen LogP contribution in [0.5, 0.6) is 5.75 Å². The maximum atomic E-state index is 10.3. The van der Waals surface area contributed by atoms with Crippen molar-refractivity contribution in [3.8, 4) is 5.75 Å². The Morgan fingerprint density at radius 1 is 1.44 bits per heavy atom. The molecule has 3 heteroatoms. The first-order valence-corrected chi connectivity index (χ1v) is 7.01. The first kappa shape index (κ1) is 12.3. The standard InChI is InChI=1S/C15H20ClNO/c1-15(2)7-10-8-17(3)5-4-9-6-11(16)14(18)13(15)12(9)10/h6,10,18H,4-5,7-8H2,1-3H3. The summed E-state index contributed by atoms with van der Waals surface area (Å²) in [5.74, 6) is 0.855. The predicted octanol–water partition coefficient (Wildman–Crippen LogP) is 3.30. The molecule has 1 aliphatic heterocycles. The Labute approximate surface area is 114 Å². The van der Waals surface area contributed by atoms with Gasteiger partial charge in [0.05, 0.1) is 5.02 Å². The number of phenolic OH excluding ortho intramolecular Hbond substituents is 1. The van der Waals surface area contributed by atoms with Crippen molar-refractivity contribution in [1.29, 1.82) is 0 Å². The zero-order valence-electron chi connectivity index (χ0n) is 11.3. The number of aromatic hydroxyl groups is 1. The molecule has 1 aromatic carbocycles. The third-order valence-electron chi connectivity index (χ3n) is 4.52. The molecule has 0 saturated heterocycles. The smallest absolute Gasteiger partial charge is 0.138 e. The first-order valence-electron chi connectivity index (χ1n) is 6.63. The molecule has 98 valence electrons. The molecule has 2 nitrogen and oxygen atoms in total. The molecule has 0 saturated carbocycles. The third-order valence-corrected chi connectivity index (χ3v) is 4.80. The second kappa shape index (κ2) is 3.88. The molecule has 1 heterocycles. The largest absolute Gasteiger partial charge is 0.506 e. The summed E-state index contributed by atoms with van der Waals surface area (Å²) >= 11 is 6.20. The molecule has 0 fully saturated rings. The topological polar surface area (TPSA) is 23.5 Å². The van der Waals surface area contributed by atoms with Gasteiger partial charge in [0.1, 0.15) is 5.75 Å². The lowest BCUT2D eigenvalue weighted by atomic mass is 9.84. The summed E-state index contributed by atoms with van der Waals surface area (Å²) in [4.78, 5) is 2.39. The number of hydrogen-bond donors (Lipinski definition) is 1. The normalized spacial score (nSPS) is 25.9. The van der Waals surface area contributed by atoms with Crippen LogP contribution in [-0.4, -0.2) is 30.1 Å². The van der Waals surface area contributed by atoms with Gasteiger partial charge in [-0.2, -0.15) is 0 Å². The second-order valence-electron chi connectivity index (χ2n) is 6.45. The average Bonchev–Trinajstić information content (AvgIpc) is 2.44. The summed E-state index contributed by atoms with van der Waals surface area (Å²) in [6.45, 7) is 6.59. The van der Waals surface area contributed by atoms with Crippen LogP contribution in [0, 0.1) is 0 Å². The highest BCUT2D eigenvalue weighted by Crippen LogP contribution is 2.53. The van der Waals surface area contributed by atoms with Crippen molar-refractivity contribution in [2.45, 2.75) is 38.0 Å². The molecule has 1 N–H and O–H groups in total. The fourth-order valence-corrected chi connectivity index (χ4v) is 4.05. The Morgan fingerprint density at radius 3 is 2.89 bits per heavy atom. The Balaban J connectivity index is 2.26. The molecule has 2 aliphatic rings. The number of rotatable bonds is 0. The predicted molar refractivity (Wildman–Crippen MR) is 74.7 cm³/mol. The van der Waals surface area contributed by atoms with E-state index in [1.54, 1.807) is 0 Å². The number of nitrogens with zero attached hydrogens (tertiary/aromatic N) is 1. The third kappa shape index (κ3) is 1.66. The van der Waals surface area contributed by atoms with Crippen LogP contribution in [0.25, 0.3) is 0 Å². The Bertz CT molecular complexity index is 510. The van der Waals surface area contributed by atoms with Gasteiger partial charge in [-0.05, 0) is 48.4 Å². The van der Waals surface area contributed by atoms with E-state index in [0.29, 0.717) is 16.7 Å². The minimum absolute atomic E-state index is 0.0297. The lowest BCUT2D eigenvalue weighted by Gasteiger charge is -2.23. The molecular weight excluding hydrogens is 246 g/mol. The van der Waals surface area contributed by atoms with E-state index < -0.39 is 0 Å². The molecule has 0 spiro atoms. The van der Waals surface area contributed by atoms with Crippen LogP contribution in [0.2, 0.25) is 5.02 Å². The zero-order valence-corrected chi connectivity index (χ0v) is 12.0. The van der Waals surface area contributed by atoms with Gasteiger partial charge in [-0.15, -0.1) is 0 Å². The molecule has 0 aromatic heterocycles. The highest BCUT2D eigenvalue weighted by molar-refractivity contribution is 6.32. The zero-order chi connectivity index (χ0) is 13.1. The van der Waals surface area contributed by atoms with Crippen LogP contribution in [0.3, 0.4) is 0 Å².